The molecular weight excluding hydrogens is 212 g/mol. The highest BCUT2D eigenvalue weighted by molar-refractivity contribution is 6.04. The molecule has 16 heavy (non-hydrogen) atoms. The van der Waals surface area contributed by atoms with Crippen LogP contribution in [-0.4, -0.2) is 24.2 Å². The molecule has 84 valence electrons. The largest absolute Gasteiger partial charge is 0.504 e. The zero-order valence-electron chi connectivity index (χ0n) is 8.48. The van der Waals surface area contributed by atoms with Crippen molar-refractivity contribution in [3.8, 4) is 11.5 Å². The van der Waals surface area contributed by atoms with Gasteiger partial charge in [-0.15, -0.1) is 0 Å². The van der Waals surface area contributed by atoms with Gasteiger partial charge in [0.1, 0.15) is 6.04 Å². The molecule has 3 amide bonds. The van der Waals surface area contributed by atoms with Crippen LogP contribution in [0.5, 0.6) is 11.5 Å². The normalized spacial score (nSPS) is 19.2. The Bertz CT molecular complexity index is 458. The molecule has 0 saturated carbocycles. The van der Waals surface area contributed by atoms with Gasteiger partial charge in [0.2, 0.25) is 0 Å². The molecule has 1 heterocycles. The van der Waals surface area contributed by atoms with E-state index in [0.29, 0.717) is 5.56 Å². The maximum absolute atomic E-state index is 11.4. The number of hydrogen-bond donors (Lipinski definition) is 3. The summed E-state index contributed by atoms with van der Waals surface area (Å²) in [6, 6.07) is 3.20. The SMILES string of the molecule is COc1cc([C@H]2NC(=O)NC2=O)ccc1O. The molecule has 0 aromatic heterocycles. The molecule has 1 aliphatic rings. The lowest BCUT2D eigenvalue weighted by Crippen LogP contribution is -2.22. The second-order valence-electron chi connectivity index (χ2n) is 3.33. The zero-order chi connectivity index (χ0) is 11.7. The summed E-state index contributed by atoms with van der Waals surface area (Å²) >= 11 is 0. The average Bonchev–Trinajstić information content (AvgIpc) is 2.59. The van der Waals surface area contributed by atoms with Crippen LogP contribution >= 0.6 is 0 Å². The van der Waals surface area contributed by atoms with Crippen molar-refractivity contribution in [2.45, 2.75) is 6.04 Å². The Hall–Kier alpha value is -2.24. The minimum atomic E-state index is -0.734. The van der Waals surface area contributed by atoms with Crippen LogP contribution in [0.15, 0.2) is 18.2 Å². The van der Waals surface area contributed by atoms with E-state index in [1.54, 1.807) is 6.07 Å². The summed E-state index contributed by atoms with van der Waals surface area (Å²) < 4.78 is 4.91. The van der Waals surface area contributed by atoms with E-state index in [9.17, 15) is 14.7 Å². The molecule has 6 heteroatoms. The van der Waals surface area contributed by atoms with E-state index in [4.69, 9.17) is 4.74 Å². The highest BCUT2D eigenvalue weighted by atomic mass is 16.5. The molecule has 1 atom stereocenters. The van der Waals surface area contributed by atoms with Gasteiger partial charge in [0.05, 0.1) is 7.11 Å². The molecule has 0 bridgehead atoms. The van der Waals surface area contributed by atoms with Crippen molar-refractivity contribution in [3.05, 3.63) is 23.8 Å². The number of hydrogen-bond acceptors (Lipinski definition) is 4. The van der Waals surface area contributed by atoms with Crippen molar-refractivity contribution in [1.29, 1.82) is 0 Å². The lowest BCUT2D eigenvalue weighted by Gasteiger charge is -2.10. The predicted octanol–water partition coefficient (Wildman–Crippen LogP) is 0.281. The van der Waals surface area contributed by atoms with Crippen LogP contribution in [-0.2, 0) is 4.79 Å². The van der Waals surface area contributed by atoms with Crippen LogP contribution in [0.1, 0.15) is 11.6 Å². The van der Waals surface area contributed by atoms with Gasteiger partial charge in [-0.2, -0.15) is 0 Å². The van der Waals surface area contributed by atoms with E-state index >= 15 is 0 Å². The minimum Gasteiger partial charge on any atom is -0.504 e. The number of benzene rings is 1. The molecule has 2 rings (SSSR count). The Kier molecular flexibility index (Phi) is 2.40. The monoisotopic (exact) mass is 222 g/mol. The Morgan fingerprint density at radius 2 is 2.12 bits per heavy atom. The zero-order valence-corrected chi connectivity index (χ0v) is 8.48. The molecule has 1 aliphatic heterocycles. The fraction of sp³-hybridized carbons (Fsp3) is 0.200. The van der Waals surface area contributed by atoms with Gasteiger partial charge in [-0.3, -0.25) is 10.1 Å². The molecule has 1 aromatic rings. The Morgan fingerprint density at radius 3 is 2.69 bits per heavy atom. The van der Waals surface area contributed by atoms with Crippen molar-refractivity contribution in [2.24, 2.45) is 0 Å². The quantitative estimate of drug-likeness (QED) is 0.627. The first-order valence-electron chi connectivity index (χ1n) is 4.60. The highest BCUT2D eigenvalue weighted by Gasteiger charge is 2.31. The van der Waals surface area contributed by atoms with E-state index < -0.39 is 18.0 Å². The first-order valence-corrected chi connectivity index (χ1v) is 4.60. The summed E-state index contributed by atoms with van der Waals surface area (Å²) in [5.74, 6) is -0.180. The second-order valence-corrected chi connectivity index (χ2v) is 3.33. The molecule has 1 fully saturated rings. The topological polar surface area (TPSA) is 87.7 Å². The number of imide groups is 1. The van der Waals surface area contributed by atoms with Crippen LogP contribution in [0.2, 0.25) is 0 Å². The molecule has 1 aromatic carbocycles. The number of nitrogens with one attached hydrogen (secondary N) is 2. The molecule has 3 N–H and O–H groups in total. The van der Waals surface area contributed by atoms with Gasteiger partial charge in [0.15, 0.2) is 11.5 Å². The van der Waals surface area contributed by atoms with Crippen molar-refractivity contribution >= 4 is 11.9 Å². The number of ether oxygens (including phenoxy) is 1. The second kappa shape index (κ2) is 3.73. The minimum absolute atomic E-state index is 0.0176. The number of urea groups is 1. The fourth-order valence-electron chi connectivity index (χ4n) is 1.53. The summed E-state index contributed by atoms with van der Waals surface area (Å²) in [4.78, 5) is 22.3. The Morgan fingerprint density at radius 1 is 1.38 bits per heavy atom. The summed E-state index contributed by atoms with van der Waals surface area (Å²) in [6.07, 6.45) is 0. The third-order valence-corrected chi connectivity index (χ3v) is 2.31. The molecule has 0 unspecified atom stereocenters. The lowest BCUT2D eigenvalue weighted by molar-refractivity contribution is -0.120. The number of aromatic hydroxyl groups is 1. The number of carbonyl (C=O) groups is 2. The van der Waals surface area contributed by atoms with Crippen LogP contribution in [0.3, 0.4) is 0 Å². The first kappa shape index (κ1) is 10.3. The molecule has 0 aliphatic carbocycles. The third-order valence-electron chi connectivity index (χ3n) is 2.31. The fourth-order valence-corrected chi connectivity index (χ4v) is 1.53. The highest BCUT2D eigenvalue weighted by Crippen LogP contribution is 2.29. The molecule has 0 radical (unpaired) electrons. The summed E-state index contributed by atoms with van der Waals surface area (Å²) in [7, 11) is 1.41. The molecule has 0 spiro atoms. The van der Waals surface area contributed by atoms with Gasteiger partial charge >= 0.3 is 6.03 Å². The molecule has 1 saturated heterocycles. The molecular formula is C10H10N2O4. The number of carbonyl (C=O) groups excluding carboxylic acids is 2. The average molecular weight is 222 g/mol. The van der Waals surface area contributed by atoms with E-state index in [1.807, 2.05) is 0 Å². The van der Waals surface area contributed by atoms with Crippen molar-refractivity contribution in [1.82, 2.24) is 10.6 Å². The summed E-state index contributed by atoms with van der Waals surface area (Å²) in [5.41, 5.74) is 0.554. The Labute approximate surface area is 91.2 Å². The maximum atomic E-state index is 11.4. The van der Waals surface area contributed by atoms with E-state index in [0.717, 1.165) is 0 Å². The van der Waals surface area contributed by atoms with Crippen molar-refractivity contribution in [2.75, 3.05) is 7.11 Å². The predicted molar refractivity (Wildman–Crippen MR) is 54.1 cm³/mol. The number of phenolic OH excluding ortho intramolecular Hbond substituents is 1. The van der Waals surface area contributed by atoms with Crippen molar-refractivity contribution in [3.63, 3.8) is 0 Å². The number of phenols is 1. The third kappa shape index (κ3) is 1.65. The standard InChI is InChI=1S/C10H10N2O4/c1-16-7-4-5(2-3-6(7)13)8-9(14)12-10(15)11-8/h2-4,8,13H,1H3,(H2,11,12,14,15)/t8-/m1/s1. The van der Waals surface area contributed by atoms with Crippen molar-refractivity contribution < 1.29 is 19.4 Å². The molecule has 6 nitrogen and oxygen atoms in total. The lowest BCUT2D eigenvalue weighted by atomic mass is 10.1. The van der Waals surface area contributed by atoms with E-state index in [-0.39, 0.29) is 11.5 Å². The van der Waals surface area contributed by atoms with Crippen LogP contribution in [0, 0.1) is 0 Å². The van der Waals surface area contributed by atoms with Gasteiger partial charge in [0, 0.05) is 0 Å². The van der Waals surface area contributed by atoms with Crippen LogP contribution in [0.4, 0.5) is 4.79 Å². The van der Waals surface area contributed by atoms with Gasteiger partial charge in [0.25, 0.3) is 5.91 Å². The van der Waals surface area contributed by atoms with Gasteiger partial charge in [-0.1, -0.05) is 6.07 Å². The first-order chi connectivity index (χ1) is 7.61. The number of methoxy groups -OCH3 is 1. The van der Waals surface area contributed by atoms with Gasteiger partial charge in [-0.25, -0.2) is 4.79 Å². The van der Waals surface area contributed by atoms with Crippen LogP contribution < -0.4 is 15.4 Å². The number of amides is 3. The van der Waals surface area contributed by atoms with Gasteiger partial charge in [-0.05, 0) is 17.7 Å². The summed E-state index contributed by atoms with van der Waals surface area (Å²) in [6.45, 7) is 0. The Balaban J connectivity index is 2.34. The maximum Gasteiger partial charge on any atom is 0.322 e. The van der Waals surface area contributed by atoms with Crippen LogP contribution in [0.25, 0.3) is 0 Å². The van der Waals surface area contributed by atoms with Gasteiger partial charge < -0.3 is 15.2 Å². The smallest absolute Gasteiger partial charge is 0.322 e. The number of rotatable bonds is 2. The van der Waals surface area contributed by atoms with E-state index in [1.165, 1.54) is 19.2 Å². The summed E-state index contributed by atoms with van der Waals surface area (Å²) in [5, 5.41) is 14.0. The van der Waals surface area contributed by atoms with E-state index in [2.05, 4.69) is 10.6 Å².